The molecule has 4 rings (SSSR count). The van der Waals surface area contributed by atoms with Crippen molar-refractivity contribution in [3.8, 4) is 5.75 Å². The standard InChI is InChI=1S/C22H27ClN6O4/c1-22(21(31-3)32-4)20(30)19(16-11-14(24)7-10-17(16)33-22)29(12-18-25-26-27-28(18)2)15-8-5-13(23)6-9-15/h5-11,19-21,30H,12,24H2,1-4H3/t19-,20+,22+/m1/s1. The van der Waals surface area contributed by atoms with Gasteiger partial charge < -0.3 is 30.0 Å². The third kappa shape index (κ3) is 4.22. The minimum Gasteiger partial charge on any atom is -0.479 e. The van der Waals surface area contributed by atoms with Crippen molar-refractivity contribution in [2.45, 2.75) is 37.5 Å². The fourth-order valence-corrected chi connectivity index (χ4v) is 4.41. The van der Waals surface area contributed by atoms with Crippen LogP contribution in [0.2, 0.25) is 5.02 Å². The number of anilines is 2. The summed E-state index contributed by atoms with van der Waals surface area (Å²) in [6, 6.07) is 12.1. The zero-order chi connectivity index (χ0) is 23.8. The number of halogens is 1. The molecular formula is C22H27ClN6O4. The minimum atomic E-state index is -1.24. The molecule has 33 heavy (non-hydrogen) atoms. The number of tetrazole rings is 1. The van der Waals surface area contributed by atoms with Gasteiger partial charge in [-0.25, -0.2) is 4.68 Å². The first kappa shape index (κ1) is 23.2. The average Bonchev–Trinajstić information content (AvgIpc) is 3.20. The molecule has 3 atom stereocenters. The van der Waals surface area contributed by atoms with E-state index in [4.69, 9.17) is 31.5 Å². The van der Waals surface area contributed by atoms with Crippen LogP contribution in [0.1, 0.15) is 24.4 Å². The highest BCUT2D eigenvalue weighted by molar-refractivity contribution is 6.30. The monoisotopic (exact) mass is 474 g/mol. The van der Waals surface area contributed by atoms with E-state index >= 15 is 0 Å². The Hall–Kier alpha value is -2.92. The number of ether oxygens (including phenoxy) is 3. The third-order valence-electron chi connectivity index (χ3n) is 5.98. The first-order valence-corrected chi connectivity index (χ1v) is 10.7. The van der Waals surface area contributed by atoms with Gasteiger partial charge in [0.15, 0.2) is 17.7 Å². The van der Waals surface area contributed by atoms with Crippen LogP contribution in [0.15, 0.2) is 42.5 Å². The predicted octanol–water partition coefficient (Wildman–Crippen LogP) is 2.32. The molecule has 1 aromatic heterocycles. The van der Waals surface area contributed by atoms with Crippen LogP contribution in [0.4, 0.5) is 11.4 Å². The molecule has 176 valence electrons. The summed E-state index contributed by atoms with van der Waals surface area (Å²) in [7, 11) is 4.77. The van der Waals surface area contributed by atoms with Gasteiger partial charge in [-0.2, -0.15) is 0 Å². The zero-order valence-corrected chi connectivity index (χ0v) is 19.6. The molecule has 10 nitrogen and oxygen atoms in total. The number of rotatable bonds is 7. The van der Waals surface area contributed by atoms with Crippen LogP contribution >= 0.6 is 11.6 Å². The maximum Gasteiger partial charge on any atom is 0.199 e. The smallest absolute Gasteiger partial charge is 0.199 e. The zero-order valence-electron chi connectivity index (χ0n) is 18.8. The van der Waals surface area contributed by atoms with E-state index in [0.29, 0.717) is 28.8 Å². The summed E-state index contributed by atoms with van der Waals surface area (Å²) in [5, 5.41) is 24.2. The summed E-state index contributed by atoms with van der Waals surface area (Å²) >= 11 is 6.15. The van der Waals surface area contributed by atoms with Gasteiger partial charge in [0.05, 0.1) is 12.6 Å². The topological polar surface area (TPSA) is 121 Å². The van der Waals surface area contributed by atoms with Crippen molar-refractivity contribution in [3.63, 3.8) is 0 Å². The summed E-state index contributed by atoms with van der Waals surface area (Å²) in [5.41, 5.74) is 6.96. The van der Waals surface area contributed by atoms with E-state index in [9.17, 15) is 5.11 Å². The Morgan fingerprint density at radius 2 is 1.94 bits per heavy atom. The third-order valence-corrected chi connectivity index (χ3v) is 6.23. The van der Waals surface area contributed by atoms with Crippen molar-refractivity contribution in [1.29, 1.82) is 0 Å². The Bertz CT molecular complexity index is 1110. The Labute approximate surface area is 196 Å². The first-order valence-electron chi connectivity index (χ1n) is 10.3. The number of nitrogen functional groups attached to an aromatic ring is 1. The van der Waals surface area contributed by atoms with Gasteiger partial charge in [0.25, 0.3) is 0 Å². The van der Waals surface area contributed by atoms with Gasteiger partial charge >= 0.3 is 0 Å². The molecule has 0 fully saturated rings. The van der Waals surface area contributed by atoms with Gasteiger partial charge in [0.1, 0.15) is 11.9 Å². The van der Waals surface area contributed by atoms with Crippen LogP contribution in [0.3, 0.4) is 0 Å². The molecule has 3 N–H and O–H groups in total. The second kappa shape index (κ2) is 9.14. The van der Waals surface area contributed by atoms with E-state index in [1.165, 1.54) is 14.2 Å². The lowest BCUT2D eigenvalue weighted by atomic mass is 9.83. The van der Waals surface area contributed by atoms with Crippen LogP contribution in [0.5, 0.6) is 5.75 Å². The van der Waals surface area contributed by atoms with Gasteiger partial charge in [-0.05, 0) is 59.8 Å². The molecule has 0 aliphatic carbocycles. The van der Waals surface area contributed by atoms with Crippen molar-refractivity contribution in [1.82, 2.24) is 20.2 Å². The highest BCUT2D eigenvalue weighted by Crippen LogP contribution is 2.47. The lowest BCUT2D eigenvalue weighted by molar-refractivity contribution is -0.237. The Morgan fingerprint density at radius 3 is 2.55 bits per heavy atom. The molecular weight excluding hydrogens is 448 g/mol. The molecule has 0 amide bonds. The highest BCUT2D eigenvalue weighted by atomic mass is 35.5. The van der Waals surface area contributed by atoms with Gasteiger partial charge in [-0.1, -0.05) is 11.6 Å². The number of nitrogens with two attached hydrogens (primary N) is 1. The molecule has 2 aromatic carbocycles. The summed E-state index contributed by atoms with van der Waals surface area (Å²) in [6.07, 6.45) is -1.93. The molecule has 0 saturated heterocycles. The molecule has 0 spiro atoms. The molecule has 0 bridgehead atoms. The van der Waals surface area contributed by atoms with Crippen molar-refractivity contribution in [2.75, 3.05) is 24.9 Å². The maximum atomic E-state index is 11.8. The van der Waals surface area contributed by atoms with Crippen LogP contribution in [0, 0.1) is 0 Å². The van der Waals surface area contributed by atoms with Crippen LogP contribution < -0.4 is 15.4 Å². The number of benzene rings is 2. The number of methoxy groups -OCH3 is 2. The van der Waals surface area contributed by atoms with Gasteiger partial charge in [-0.15, -0.1) is 5.10 Å². The number of aliphatic hydroxyl groups is 1. The average molecular weight is 475 g/mol. The Balaban J connectivity index is 1.90. The van der Waals surface area contributed by atoms with E-state index in [-0.39, 0.29) is 0 Å². The number of nitrogens with zero attached hydrogens (tertiary/aromatic N) is 5. The van der Waals surface area contributed by atoms with Crippen molar-refractivity contribution >= 4 is 23.0 Å². The van der Waals surface area contributed by atoms with E-state index in [1.807, 2.05) is 17.0 Å². The van der Waals surface area contributed by atoms with Crippen LogP contribution in [0.25, 0.3) is 0 Å². The fraction of sp³-hybridized carbons (Fsp3) is 0.409. The molecule has 0 unspecified atom stereocenters. The number of hydrogen-bond acceptors (Lipinski definition) is 9. The molecule has 1 aliphatic rings. The summed E-state index contributed by atoms with van der Waals surface area (Å²) in [5.74, 6) is 1.17. The van der Waals surface area contributed by atoms with E-state index < -0.39 is 24.0 Å². The largest absolute Gasteiger partial charge is 0.479 e. The van der Waals surface area contributed by atoms with Crippen molar-refractivity contribution in [2.24, 2.45) is 7.05 Å². The molecule has 0 saturated carbocycles. The van der Waals surface area contributed by atoms with Gasteiger partial charge in [0, 0.05) is 43.2 Å². The van der Waals surface area contributed by atoms with Crippen LogP contribution in [-0.4, -0.2) is 57.5 Å². The second-order valence-electron chi connectivity index (χ2n) is 8.10. The normalized spacial score (nSPS) is 22.2. The SMILES string of the molecule is COC(OC)[C@@]1(C)Oc2ccc(N)cc2[C@@H](N(Cc2nnnn2C)c2ccc(Cl)cc2)[C@@H]1O. The molecule has 2 heterocycles. The lowest BCUT2D eigenvalue weighted by Crippen LogP contribution is -2.62. The van der Waals surface area contributed by atoms with E-state index in [0.717, 1.165) is 11.3 Å². The fourth-order valence-electron chi connectivity index (χ4n) is 4.28. The number of hydrogen-bond donors (Lipinski definition) is 2. The van der Waals surface area contributed by atoms with Crippen molar-refractivity contribution < 1.29 is 19.3 Å². The Kier molecular flexibility index (Phi) is 6.44. The van der Waals surface area contributed by atoms with Gasteiger partial charge in [-0.3, -0.25) is 0 Å². The molecule has 3 aromatic rings. The minimum absolute atomic E-state index is 0.293. The summed E-state index contributed by atoms with van der Waals surface area (Å²) in [6.45, 7) is 2.05. The quantitative estimate of drug-likeness (QED) is 0.392. The number of aryl methyl sites for hydroxylation is 1. The number of fused-ring (bicyclic) bond motifs is 1. The second-order valence-corrected chi connectivity index (χ2v) is 8.54. The number of aliphatic hydroxyl groups excluding tert-OH is 1. The highest BCUT2D eigenvalue weighted by Gasteiger charge is 2.54. The molecule has 11 heteroatoms. The van der Waals surface area contributed by atoms with E-state index in [2.05, 4.69) is 15.5 Å². The number of aromatic nitrogens is 4. The first-order chi connectivity index (χ1) is 15.8. The van der Waals surface area contributed by atoms with Crippen molar-refractivity contribution in [3.05, 3.63) is 58.9 Å². The van der Waals surface area contributed by atoms with Crippen LogP contribution in [-0.2, 0) is 23.1 Å². The molecule has 0 radical (unpaired) electrons. The Morgan fingerprint density at radius 1 is 1.24 bits per heavy atom. The molecule has 1 aliphatic heterocycles. The predicted molar refractivity (Wildman–Crippen MR) is 123 cm³/mol. The maximum absolute atomic E-state index is 11.8. The summed E-state index contributed by atoms with van der Waals surface area (Å²) < 4.78 is 18.9. The van der Waals surface area contributed by atoms with E-state index in [1.54, 1.807) is 49.0 Å². The van der Waals surface area contributed by atoms with Gasteiger partial charge in [0.2, 0.25) is 0 Å². The summed E-state index contributed by atoms with van der Waals surface area (Å²) in [4.78, 5) is 1.99. The lowest BCUT2D eigenvalue weighted by Gasteiger charge is -2.50.